The van der Waals surface area contributed by atoms with E-state index in [1.165, 1.54) is 11.5 Å². The quantitative estimate of drug-likeness (QED) is 0.510. The number of rotatable bonds is 6. The molecule has 2 rings (SSSR count). The summed E-state index contributed by atoms with van der Waals surface area (Å²) in [5.74, 6) is -0.335. The molecule has 0 bridgehead atoms. The van der Waals surface area contributed by atoms with E-state index < -0.39 is 55.3 Å². The first kappa shape index (κ1) is 25.5. The molecule has 0 aromatic carbocycles. The minimum Gasteiger partial charge on any atom is -0.457 e. The maximum absolute atomic E-state index is 12.9. The Labute approximate surface area is 185 Å². The van der Waals surface area contributed by atoms with Gasteiger partial charge in [0.25, 0.3) is 0 Å². The van der Waals surface area contributed by atoms with Crippen molar-refractivity contribution in [3.63, 3.8) is 0 Å². The molecular weight excluding hydrogens is 418 g/mol. The number of esters is 1. The van der Waals surface area contributed by atoms with Gasteiger partial charge < -0.3 is 24.7 Å². The molecule has 9 nitrogen and oxygen atoms in total. The maximum atomic E-state index is 12.9. The summed E-state index contributed by atoms with van der Waals surface area (Å²) in [5.41, 5.74) is 4.17. The van der Waals surface area contributed by atoms with Crippen LogP contribution in [0, 0.1) is 0 Å². The molecular formula is C21H37N3O6Si. The molecule has 2 N–H and O–H groups in total. The lowest BCUT2D eigenvalue weighted by Gasteiger charge is -2.41. The van der Waals surface area contributed by atoms with Crippen LogP contribution in [0.3, 0.4) is 0 Å². The van der Waals surface area contributed by atoms with Crippen molar-refractivity contribution in [2.24, 2.45) is 0 Å². The minimum absolute atomic E-state index is 0.122. The fourth-order valence-electron chi connectivity index (χ4n) is 3.75. The van der Waals surface area contributed by atoms with Crippen LogP contribution in [-0.2, 0) is 29.1 Å². The highest BCUT2D eigenvalue weighted by molar-refractivity contribution is 6.58. The van der Waals surface area contributed by atoms with E-state index in [4.69, 9.17) is 24.7 Å². The first-order chi connectivity index (χ1) is 14.1. The van der Waals surface area contributed by atoms with Crippen LogP contribution in [0.5, 0.6) is 0 Å². The third kappa shape index (κ3) is 5.94. The zero-order chi connectivity index (χ0) is 23.8. The maximum Gasteiger partial charge on any atom is 0.351 e. The van der Waals surface area contributed by atoms with Crippen molar-refractivity contribution in [2.45, 2.75) is 96.4 Å². The van der Waals surface area contributed by atoms with E-state index in [2.05, 4.69) is 18.1 Å². The SMILES string of the molecule is CC(=O)O[C@@H]1[C@@H](OC(C)(C)C)[C@](n2ccc(N)nc2=O)([SiH](C)C)O[C@@H]1COC(C)(C)C. The van der Waals surface area contributed by atoms with Crippen molar-refractivity contribution in [3.05, 3.63) is 22.7 Å². The van der Waals surface area contributed by atoms with E-state index in [1.54, 1.807) is 12.3 Å². The summed E-state index contributed by atoms with van der Waals surface area (Å²) in [6.45, 7) is 17.2. The van der Waals surface area contributed by atoms with E-state index >= 15 is 0 Å². The number of hydrogen-bond donors (Lipinski definition) is 1. The number of nitrogen functional groups attached to an aromatic ring is 1. The minimum atomic E-state index is -1.88. The number of aromatic nitrogens is 2. The van der Waals surface area contributed by atoms with Crippen molar-refractivity contribution < 1.29 is 23.7 Å². The highest BCUT2D eigenvalue weighted by Crippen LogP contribution is 2.42. The molecule has 1 aromatic rings. The largest absolute Gasteiger partial charge is 0.457 e. The van der Waals surface area contributed by atoms with Gasteiger partial charge in [-0.3, -0.25) is 9.36 Å². The third-order valence-corrected chi connectivity index (χ3v) is 7.30. The van der Waals surface area contributed by atoms with Crippen LogP contribution >= 0.6 is 0 Å². The molecule has 1 aromatic heterocycles. The second-order valence-corrected chi connectivity index (χ2v) is 13.4. The first-order valence-electron chi connectivity index (χ1n) is 10.6. The fourth-order valence-corrected chi connectivity index (χ4v) is 5.86. The summed E-state index contributed by atoms with van der Waals surface area (Å²) in [5, 5.41) is -1.16. The molecule has 0 spiro atoms. The lowest BCUT2D eigenvalue weighted by Crippen LogP contribution is -2.60. The molecule has 0 amide bonds. The van der Waals surface area contributed by atoms with Gasteiger partial charge in [-0.1, -0.05) is 13.1 Å². The molecule has 0 radical (unpaired) electrons. The third-order valence-electron chi connectivity index (χ3n) is 4.90. The lowest BCUT2D eigenvalue weighted by molar-refractivity contribution is -0.170. The van der Waals surface area contributed by atoms with Crippen LogP contribution in [-0.4, -0.2) is 60.4 Å². The highest BCUT2D eigenvalue weighted by atomic mass is 28.3. The van der Waals surface area contributed by atoms with Crippen molar-refractivity contribution in [2.75, 3.05) is 12.3 Å². The van der Waals surface area contributed by atoms with Crippen LogP contribution in [0.1, 0.15) is 48.5 Å². The molecule has 1 saturated heterocycles. The van der Waals surface area contributed by atoms with Gasteiger partial charge in [0.15, 0.2) is 11.5 Å². The first-order valence-corrected chi connectivity index (χ1v) is 13.5. The summed E-state index contributed by atoms with van der Waals surface area (Å²) in [6.07, 6.45) is -0.554. The number of carbonyl (C=O) groups excluding carboxylic acids is 1. The zero-order valence-electron chi connectivity index (χ0n) is 20.1. The molecule has 4 atom stereocenters. The topological polar surface area (TPSA) is 115 Å². The predicted octanol–water partition coefficient (Wildman–Crippen LogP) is 1.83. The molecule has 0 aliphatic carbocycles. The van der Waals surface area contributed by atoms with Crippen molar-refractivity contribution in [3.8, 4) is 0 Å². The molecule has 0 saturated carbocycles. The smallest absolute Gasteiger partial charge is 0.351 e. The predicted molar refractivity (Wildman–Crippen MR) is 121 cm³/mol. The average Bonchev–Trinajstić information content (AvgIpc) is 2.85. The van der Waals surface area contributed by atoms with E-state index in [0.717, 1.165) is 0 Å². The Morgan fingerprint density at radius 1 is 1.26 bits per heavy atom. The number of carbonyl (C=O) groups is 1. The summed E-state index contributed by atoms with van der Waals surface area (Å²) in [4.78, 5) is 28.9. The Hall–Kier alpha value is -1.75. The summed E-state index contributed by atoms with van der Waals surface area (Å²) in [7, 11) is -1.88. The molecule has 31 heavy (non-hydrogen) atoms. The highest BCUT2D eigenvalue weighted by Gasteiger charge is 2.62. The number of nitrogens with two attached hydrogens (primary N) is 1. The standard InChI is InChI=1S/C21H37N3O6Si/c1-13(25)28-16-14(12-27-19(2,3)4)29-21(31(8)9,17(16)30-20(5,6)7)24-11-10-15(22)23-18(24)26/h10-11,14,16-17,31H,12H2,1-9H3,(H2,22,23,26)/t14-,16+,17-,21-/m1/s1. The summed E-state index contributed by atoms with van der Waals surface area (Å²) in [6, 6.07) is 1.55. The van der Waals surface area contributed by atoms with E-state index in [1.807, 2.05) is 41.5 Å². The Bertz CT molecular complexity index is 845. The normalized spacial score (nSPS) is 27.0. The average molecular weight is 456 g/mol. The van der Waals surface area contributed by atoms with Crippen LogP contribution in [0.4, 0.5) is 5.82 Å². The second-order valence-electron chi connectivity index (χ2n) is 10.2. The van der Waals surface area contributed by atoms with Crippen molar-refractivity contribution in [1.29, 1.82) is 0 Å². The molecule has 1 aliphatic rings. The molecule has 0 unspecified atom stereocenters. The summed E-state index contributed by atoms with van der Waals surface area (Å²) >= 11 is 0. The Balaban J connectivity index is 2.68. The van der Waals surface area contributed by atoms with E-state index in [0.29, 0.717) is 0 Å². The van der Waals surface area contributed by atoms with E-state index in [9.17, 15) is 9.59 Å². The van der Waals surface area contributed by atoms with Gasteiger partial charge in [-0.2, -0.15) is 4.98 Å². The molecule has 10 heteroatoms. The van der Waals surface area contributed by atoms with Crippen molar-refractivity contribution in [1.82, 2.24) is 9.55 Å². The van der Waals surface area contributed by atoms with Crippen LogP contribution in [0.25, 0.3) is 0 Å². The molecule has 1 fully saturated rings. The van der Waals surface area contributed by atoms with Crippen LogP contribution in [0.2, 0.25) is 13.1 Å². The number of anilines is 1. The van der Waals surface area contributed by atoms with Gasteiger partial charge >= 0.3 is 11.7 Å². The zero-order valence-corrected chi connectivity index (χ0v) is 21.2. The van der Waals surface area contributed by atoms with Gasteiger partial charge in [0.05, 0.1) is 26.6 Å². The van der Waals surface area contributed by atoms with Gasteiger partial charge in [0, 0.05) is 13.1 Å². The number of hydrogen-bond acceptors (Lipinski definition) is 8. The monoisotopic (exact) mass is 455 g/mol. The fraction of sp³-hybridized carbons (Fsp3) is 0.762. The number of nitrogens with zero attached hydrogens (tertiary/aromatic N) is 2. The Morgan fingerprint density at radius 2 is 1.87 bits per heavy atom. The molecule has 176 valence electrons. The van der Waals surface area contributed by atoms with Crippen LogP contribution < -0.4 is 11.4 Å². The van der Waals surface area contributed by atoms with Gasteiger partial charge in [0.2, 0.25) is 0 Å². The Kier molecular flexibility index (Phi) is 7.41. The van der Waals surface area contributed by atoms with E-state index in [-0.39, 0.29) is 12.4 Å². The molecule has 1 aliphatic heterocycles. The summed E-state index contributed by atoms with van der Waals surface area (Å²) < 4.78 is 26.2. The lowest BCUT2D eigenvalue weighted by atomic mass is 10.1. The molecule has 2 heterocycles. The number of ether oxygens (including phenoxy) is 4. The second kappa shape index (κ2) is 9.01. The van der Waals surface area contributed by atoms with Gasteiger partial charge in [-0.15, -0.1) is 0 Å². The van der Waals surface area contributed by atoms with Gasteiger partial charge in [-0.25, -0.2) is 4.79 Å². The van der Waals surface area contributed by atoms with Crippen molar-refractivity contribution >= 4 is 20.6 Å². The van der Waals surface area contributed by atoms with Gasteiger partial charge in [0.1, 0.15) is 18.0 Å². The van der Waals surface area contributed by atoms with Crippen LogP contribution in [0.15, 0.2) is 17.1 Å². The Morgan fingerprint density at radius 3 is 2.32 bits per heavy atom. The van der Waals surface area contributed by atoms with Gasteiger partial charge in [-0.05, 0) is 47.6 Å².